The molecule has 0 spiro atoms. The van der Waals surface area contributed by atoms with E-state index in [4.69, 9.17) is 5.26 Å². The Morgan fingerprint density at radius 2 is 2.13 bits per heavy atom. The summed E-state index contributed by atoms with van der Waals surface area (Å²) in [6.07, 6.45) is -3.01. The molecule has 1 rings (SSSR count). The summed E-state index contributed by atoms with van der Waals surface area (Å²) in [6, 6.07) is 4.59. The molecule has 0 radical (unpaired) electrons. The Kier molecular flexibility index (Phi) is 3.14. The van der Waals surface area contributed by atoms with Gasteiger partial charge in [0.05, 0.1) is 11.9 Å². The van der Waals surface area contributed by atoms with Crippen molar-refractivity contribution in [1.82, 2.24) is 4.98 Å². The van der Waals surface area contributed by atoms with E-state index in [9.17, 15) is 13.2 Å². The highest BCUT2D eigenvalue weighted by atomic mass is 19.4. The Morgan fingerprint density at radius 1 is 1.47 bits per heavy atom. The van der Waals surface area contributed by atoms with Crippen LogP contribution in [0.4, 0.5) is 18.9 Å². The minimum atomic E-state index is -4.25. The van der Waals surface area contributed by atoms with Crippen LogP contribution in [0.2, 0.25) is 0 Å². The molecular weight excluding hydrogens is 207 g/mol. The normalized spacial score (nSPS) is 10.9. The van der Waals surface area contributed by atoms with Crippen molar-refractivity contribution >= 4 is 5.69 Å². The van der Waals surface area contributed by atoms with Gasteiger partial charge in [0.15, 0.2) is 0 Å². The van der Waals surface area contributed by atoms with Crippen molar-refractivity contribution < 1.29 is 13.2 Å². The molecule has 0 saturated heterocycles. The van der Waals surface area contributed by atoms with Gasteiger partial charge in [-0.05, 0) is 12.1 Å². The van der Waals surface area contributed by atoms with Crippen LogP contribution in [0, 0.1) is 11.3 Å². The van der Waals surface area contributed by atoms with Gasteiger partial charge in [-0.3, -0.25) is 0 Å². The lowest BCUT2D eigenvalue weighted by molar-refractivity contribution is -0.119. The molecule has 0 bridgehead atoms. The van der Waals surface area contributed by atoms with Gasteiger partial charge in [0.25, 0.3) is 0 Å². The maximum atomic E-state index is 12.0. The number of alkyl halides is 3. The molecule has 0 N–H and O–H groups in total. The lowest BCUT2D eigenvalue weighted by Crippen LogP contribution is -2.30. The summed E-state index contributed by atoms with van der Waals surface area (Å²) in [4.78, 5) is 4.70. The standard InChI is InChI=1S/C9H8F3N3/c1-15(6-9(10,11)12)8-3-2-7(4-13)14-5-8/h2-3,5H,6H2,1H3. The van der Waals surface area contributed by atoms with E-state index in [1.807, 2.05) is 0 Å². The number of pyridine rings is 1. The van der Waals surface area contributed by atoms with Gasteiger partial charge < -0.3 is 4.90 Å². The predicted octanol–water partition coefficient (Wildman–Crippen LogP) is 1.95. The molecule has 0 unspecified atom stereocenters. The second-order valence-corrected chi connectivity index (χ2v) is 2.98. The van der Waals surface area contributed by atoms with E-state index in [1.165, 1.54) is 25.4 Å². The first-order chi connectivity index (χ1) is 6.92. The maximum Gasteiger partial charge on any atom is 0.405 e. The number of hydrogen-bond donors (Lipinski definition) is 0. The van der Waals surface area contributed by atoms with E-state index in [2.05, 4.69) is 4.98 Å². The fourth-order valence-corrected chi connectivity index (χ4v) is 1.04. The van der Waals surface area contributed by atoms with Crippen LogP contribution in [-0.2, 0) is 0 Å². The Labute approximate surface area is 84.8 Å². The minimum absolute atomic E-state index is 0.180. The lowest BCUT2D eigenvalue weighted by atomic mass is 10.3. The zero-order chi connectivity index (χ0) is 11.5. The summed E-state index contributed by atoms with van der Waals surface area (Å²) >= 11 is 0. The Morgan fingerprint density at radius 3 is 2.53 bits per heavy atom. The number of halogens is 3. The fraction of sp³-hybridized carbons (Fsp3) is 0.333. The maximum absolute atomic E-state index is 12.0. The highest BCUT2D eigenvalue weighted by Crippen LogP contribution is 2.19. The van der Waals surface area contributed by atoms with Crippen LogP contribution in [0.5, 0.6) is 0 Å². The van der Waals surface area contributed by atoms with Gasteiger partial charge >= 0.3 is 6.18 Å². The second kappa shape index (κ2) is 4.17. The summed E-state index contributed by atoms with van der Waals surface area (Å²) in [5.41, 5.74) is 0.505. The van der Waals surface area contributed by atoms with E-state index in [0.717, 1.165) is 4.90 Å². The summed E-state index contributed by atoms with van der Waals surface area (Å²) in [7, 11) is 1.32. The van der Waals surface area contributed by atoms with E-state index in [1.54, 1.807) is 6.07 Å². The van der Waals surface area contributed by atoms with Gasteiger partial charge in [-0.1, -0.05) is 0 Å². The van der Waals surface area contributed by atoms with Crippen LogP contribution in [0.3, 0.4) is 0 Å². The molecule has 15 heavy (non-hydrogen) atoms. The van der Waals surface area contributed by atoms with Crippen molar-refractivity contribution in [2.45, 2.75) is 6.18 Å². The first-order valence-corrected chi connectivity index (χ1v) is 4.06. The lowest BCUT2D eigenvalue weighted by Gasteiger charge is -2.20. The van der Waals surface area contributed by atoms with Gasteiger partial charge in [-0.15, -0.1) is 0 Å². The number of nitriles is 1. The first-order valence-electron chi connectivity index (χ1n) is 4.06. The largest absolute Gasteiger partial charge is 0.405 e. The molecule has 0 aliphatic rings. The second-order valence-electron chi connectivity index (χ2n) is 2.98. The highest BCUT2D eigenvalue weighted by molar-refractivity contribution is 5.45. The van der Waals surface area contributed by atoms with E-state index < -0.39 is 12.7 Å². The number of hydrogen-bond acceptors (Lipinski definition) is 3. The van der Waals surface area contributed by atoms with Crippen molar-refractivity contribution in [2.24, 2.45) is 0 Å². The summed E-state index contributed by atoms with van der Waals surface area (Å²) < 4.78 is 36.1. The SMILES string of the molecule is CN(CC(F)(F)F)c1ccc(C#N)nc1. The zero-order valence-electron chi connectivity index (χ0n) is 7.91. The molecule has 80 valence electrons. The van der Waals surface area contributed by atoms with Crippen molar-refractivity contribution in [1.29, 1.82) is 5.26 Å². The molecule has 0 aliphatic heterocycles. The Hall–Kier alpha value is -1.77. The number of aromatic nitrogens is 1. The molecule has 6 heteroatoms. The fourth-order valence-electron chi connectivity index (χ4n) is 1.04. The van der Waals surface area contributed by atoms with Crippen molar-refractivity contribution in [3.05, 3.63) is 24.0 Å². The first kappa shape index (κ1) is 11.3. The molecule has 0 aliphatic carbocycles. The van der Waals surface area contributed by atoms with Crippen molar-refractivity contribution in [3.8, 4) is 6.07 Å². The Bertz CT molecular complexity index is 364. The summed E-state index contributed by atoms with van der Waals surface area (Å²) in [5.74, 6) is 0. The quantitative estimate of drug-likeness (QED) is 0.757. The van der Waals surface area contributed by atoms with Crippen LogP contribution in [0.25, 0.3) is 0 Å². The molecule has 0 aromatic carbocycles. The highest BCUT2D eigenvalue weighted by Gasteiger charge is 2.29. The van der Waals surface area contributed by atoms with Gasteiger partial charge in [0.2, 0.25) is 0 Å². The van der Waals surface area contributed by atoms with Crippen LogP contribution in [0.1, 0.15) is 5.69 Å². The predicted molar refractivity (Wildman–Crippen MR) is 48.3 cm³/mol. The van der Waals surface area contributed by atoms with Crippen LogP contribution >= 0.6 is 0 Å². The average Bonchev–Trinajstić information content (AvgIpc) is 2.15. The molecular formula is C9H8F3N3. The molecule has 0 fully saturated rings. The smallest absolute Gasteiger partial charge is 0.364 e. The molecule has 1 heterocycles. The number of anilines is 1. The monoisotopic (exact) mass is 215 g/mol. The van der Waals surface area contributed by atoms with E-state index >= 15 is 0 Å². The summed E-state index contributed by atoms with van der Waals surface area (Å²) in [6.45, 7) is -1.04. The van der Waals surface area contributed by atoms with Crippen LogP contribution < -0.4 is 4.90 Å². The van der Waals surface area contributed by atoms with E-state index in [-0.39, 0.29) is 5.69 Å². The molecule has 0 saturated carbocycles. The van der Waals surface area contributed by atoms with Crippen LogP contribution in [-0.4, -0.2) is 24.8 Å². The minimum Gasteiger partial charge on any atom is -0.364 e. The van der Waals surface area contributed by atoms with Gasteiger partial charge in [0.1, 0.15) is 18.3 Å². The molecule has 3 nitrogen and oxygen atoms in total. The van der Waals surface area contributed by atoms with Crippen LogP contribution in [0.15, 0.2) is 18.3 Å². The molecule has 0 amide bonds. The third-order valence-electron chi connectivity index (χ3n) is 1.72. The molecule has 1 aromatic heterocycles. The average molecular weight is 215 g/mol. The Balaban J connectivity index is 2.75. The molecule has 0 atom stereocenters. The van der Waals surface area contributed by atoms with E-state index in [0.29, 0.717) is 5.69 Å². The third-order valence-corrected chi connectivity index (χ3v) is 1.72. The molecule has 1 aromatic rings. The van der Waals surface area contributed by atoms with Crippen molar-refractivity contribution in [2.75, 3.05) is 18.5 Å². The zero-order valence-corrected chi connectivity index (χ0v) is 7.91. The number of nitrogens with zero attached hydrogens (tertiary/aromatic N) is 3. The topological polar surface area (TPSA) is 39.9 Å². The van der Waals surface area contributed by atoms with Gasteiger partial charge in [-0.2, -0.15) is 18.4 Å². The van der Waals surface area contributed by atoms with Gasteiger partial charge in [0, 0.05) is 7.05 Å². The van der Waals surface area contributed by atoms with Crippen molar-refractivity contribution in [3.63, 3.8) is 0 Å². The third kappa shape index (κ3) is 3.46. The van der Waals surface area contributed by atoms with Gasteiger partial charge in [-0.25, -0.2) is 4.98 Å². The number of rotatable bonds is 2. The summed E-state index contributed by atoms with van der Waals surface area (Å²) in [5, 5.41) is 8.45.